The predicted molar refractivity (Wildman–Crippen MR) is 93.2 cm³/mol. The molecule has 0 spiro atoms. The fourth-order valence-corrected chi connectivity index (χ4v) is 2.80. The second kappa shape index (κ2) is 7.40. The van der Waals surface area contributed by atoms with Crippen molar-refractivity contribution >= 4 is 5.91 Å². The van der Waals surface area contributed by atoms with Crippen molar-refractivity contribution in [1.82, 2.24) is 4.90 Å². The van der Waals surface area contributed by atoms with Gasteiger partial charge in [0.05, 0.1) is 0 Å². The Morgan fingerprint density at radius 2 is 1.78 bits per heavy atom. The van der Waals surface area contributed by atoms with E-state index in [9.17, 15) is 9.18 Å². The van der Waals surface area contributed by atoms with Gasteiger partial charge in [-0.2, -0.15) is 0 Å². The molecule has 0 aliphatic carbocycles. The summed E-state index contributed by atoms with van der Waals surface area (Å²) < 4.78 is 13.7. The molecule has 23 heavy (non-hydrogen) atoms. The lowest BCUT2D eigenvalue weighted by atomic mass is 9.91. The minimum Gasteiger partial charge on any atom is -0.339 e. The Labute approximate surface area is 137 Å². The van der Waals surface area contributed by atoms with Crippen molar-refractivity contribution in [3.63, 3.8) is 0 Å². The first-order valence-electron chi connectivity index (χ1n) is 8.17. The van der Waals surface area contributed by atoms with E-state index < -0.39 is 0 Å². The standard InChI is InChI=1S/C20H24FNO/c1-5-22(6-2)20(23)16-9-7-8-15(12-16)19-13-17(21)10-11-18(19)14(3)4/h7-14H,5-6H2,1-4H3. The number of benzene rings is 2. The summed E-state index contributed by atoms with van der Waals surface area (Å²) in [6.45, 7) is 9.46. The van der Waals surface area contributed by atoms with Crippen LogP contribution < -0.4 is 0 Å². The molecular weight excluding hydrogens is 289 g/mol. The predicted octanol–water partition coefficient (Wildman–Crippen LogP) is 5.10. The normalized spacial score (nSPS) is 10.9. The van der Waals surface area contributed by atoms with E-state index in [-0.39, 0.29) is 17.6 Å². The van der Waals surface area contributed by atoms with Crippen LogP contribution in [0.1, 0.15) is 49.5 Å². The summed E-state index contributed by atoms with van der Waals surface area (Å²) in [5.74, 6) is 0.0389. The van der Waals surface area contributed by atoms with Crippen molar-refractivity contribution in [1.29, 1.82) is 0 Å². The fourth-order valence-electron chi connectivity index (χ4n) is 2.80. The number of hydrogen-bond acceptors (Lipinski definition) is 1. The topological polar surface area (TPSA) is 20.3 Å². The number of carbonyl (C=O) groups excluding carboxylic acids is 1. The van der Waals surface area contributed by atoms with Gasteiger partial charge in [-0.1, -0.05) is 32.0 Å². The van der Waals surface area contributed by atoms with E-state index in [2.05, 4.69) is 13.8 Å². The first kappa shape index (κ1) is 17.2. The van der Waals surface area contributed by atoms with Crippen molar-refractivity contribution in [2.45, 2.75) is 33.6 Å². The lowest BCUT2D eigenvalue weighted by Gasteiger charge is -2.19. The van der Waals surface area contributed by atoms with Gasteiger partial charge in [0.1, 0.15) is 5.82 Å². The van der Waals surface area contributed by atoms with Crippen LogP contribution in [0, 0.1) is 5.82 Å². The Kier molecular flexibility index (Phi) is 5.54. The van der Waals surface area contributed by atoms with Crippen LogP contribution in [0.3, 0.4) is 0 Å². The third kappa shape index (κ3) is 3.79. The molecule has 2 aromatic carbocycles. The first-order valence-corrected chi connectivity index (χ1v) is 8.17. The van der Waals surface area contributed by atoms with Crippen LogP contribution in [0.2, 0.25) is 0 Å². The van der Waals surface area contributed by atoms with Crippen LogP contribution >= 0.6 is 0 Å². The second-order valence-corrected chi connectivity index (χ2v) is 5.94. The van der Waals surface area contributed by atoms with Gasteiger partial charge in [0.25, 0.3) is 5.91 Å². The third-order valence-corrected chi connectivity index (χ3v) is 4.11. The van der Waals surface area contributed by atoms with E-state index in [1.807, 2.05) is 44.2 Å². The van der Waals surface area contributed by atoms with Crippen LogP contribution in [0.15, 0.2) is 42.5 Å². The molecule has 0 aliphatic rings. The molecule has 0 bridgehead atoms. The molecule has 2 aromatic rings. The van der Waals surface area contributed by atoms with E-state index in [1.165, 1.54) is 6.07 Å². The van der Waals surface area contributed by atoms with Gasteiger partial charge in [0, 0.05) is 18.7 Å². The van der Waals surface area contributed by atoms with E-state index in [1.54, 1.807) is 11.0 Å². The Morgan fingerprint density at radius 1 is 1.09 bits per heavy atom. The third-order valence-electron chi connectivity index (χ3n) is 4.11. The SMILES string of the molecule is CCN(CC)C(=O)c1cccc(-c2cc(F)ccc2C(C)C)c1. The summed E-state index contributed by atoms with van der Waals surface area (Å²) in [4.78, 5) is 14.3. The quantitative estimate of drug-likeness (QED) is 0.752. The van der Waals surface area contributed by atoms with Crippen molar-refractivity contribution in [3.05, 3.63) is 59.4 Å². The fraction of sp³-hybridized carbons (Fsp3) is 0.350. The highest BCUT2D eigenvalue weighted by Gasteiger charge is 2.15. The average Bonchev–Trinajstić information content (AvgIpc) is 2.55. The summed E-state index contributed by atoms with van der Waals surface area (Å²) in [6.07, 6.45) is 0. The minimum absolute atomic E-state index is 0.0133. The molecule has 0 atom stereocenters. The number of carbonyl (C=O) groups is 1. The molecule has 0 N–H and O–H groups in total. The molecule has 0 saturated heterocycles. The Morgan fingerprint density at radius 3 is 2.39 bits per heavy atom. The van der Waals surface area contributed by atoms with Gasteiger partial charge in [0.2, 0.25) is 0 Å². The van der Waals surface area contributed by atoms with E-state index >= 15 is 0 Å². The highest BCUT2D eigenvalue weighted by molar-refractivity contribution is 5.95. The maximum absolute atomic E-state index is 13.7. The monoisotopic (exact) mass is 313 g/mol. The summed E-state index contributed by atoms with van der Waals surface area (Å²) in [6, 6.07) is 12.3. The number of nitrogens with zero attached hydrogens (tertiary/aromatic N) is 1. The van der Waals surface area contributed by atoms with Gasteiger partial charge in [0.15, 0.2) is 0 Å². The van der Waals surface area contributed by atoms with Gasteiger partial charge >= 0.3 is 0 Å². The molecule has 0 fully saturated rings. The van der Waals surface area contributed by atoms with E-state index in [0.29, 0.717) is 18.7 Å². The largest absolute Gasteiger partial charge is 0.339 e. The van der Waals surface area contributed by atoms with Crippen LogP contribution in [0.25, 0.3) is 11.1 Å². The molecule has 0 unspecified atom stereocenters. The smallest absolute Gasteiger partial charge is 0.253 e. The zero-order valence-electron chi connectivity index (χ0n) is 14.3. The first-order chi connectivity index (χ1) is 11.0. The molecule has 0 heterocycles. The van der Waals surface area contributed by atoms with Gasteiger partial charge in [-0.3, -0.25) is 4.79 Å². The van der Waals surface area contributed by atoms with Crippen molar-refractivity contribution < 1.29 is 9.18 Å². The molecule has 0 radical (unpaired) electrons. The van der Waals surface area contributed by atoms with Crippen LogP contribution in [-0.2, 0) is 0 Å². The molecule has 0 aromatic heterocycles. The summed E-state index contributed by atoms with van der Waals surface area (Å²) in [5, 5.41) is 0. The van der Waals surface area contributed by atoms with Crippen LogP contribution in [0.4, 0.5) is 4.39 Å². The molecular formula is C20H24FNO. The Balaban J connectivity index is 2.49. The summed E-state index contributed by atoms with van der Waals surface area (Å²) >= 11 is 0. The van der Waals surface area contributed by atoms with E-state index in [0.717, 1.165) is 16.7 Å². The van der Waals surface area contributed by atoms with Gasteiger partial charge in [-0.15, -0.1) is 0 Å². The van der Waals surface area contributed by atoms with Crippen molar-refractivity contribution in [2.75, 3.05) is 13.1 Å². The lowest BCUT2D eigenvalue weighted by Crippen LogP contribution is -2.30. The highest BCUT2D eigenvalue weighted by atomic mass is 19.1. The zero-order chi connectivity index (χ0) is 17.0. The summed E-state index contributed by atoms with van der Waals surface area (Å²) in [5.41, 5.74) is 3.46. The molecule has 2 nitrogen and oxygen atoms in total. The Hall–Kier alpha value is -2.16. The van der Waals surface area contributed by atoms with Gasteiger partial charge in [-0.25, -0.2) is 4.39 Å². The summed E-state index contributed by atoms with van der Waals surface area (Å²) in [7, 11) is 0. The van der Waals surface area contributed by atoms with E-state index in [4.69, 9.17) is 0 Å². The van der Waals surface area contributed by atoms with Crippen molar-refractivity contribution in [2.24, 2.45) is 0 Å². The molecule has 1 amide bonds. The molecule has 3 heteroatoms. The minimum atomic E-state index is -0.259. The Bertz CT molecular complexity index is 690. The van der Waals surface area contributed by atoms with Crippen molar-refractivity contribution in [3.8, 4) is 11.1 Å². The lowest BCUT2D eigenvalue weighted by molar-refractivity contribution is 0.0773. The number of rotatable bonds is 5. The molecule has 0 aliphatic heterocycles. The number of amides is 1. The molecule has 122 valence electrons. The number of hydrogen-bond donors (Lipinski definition) is 0. The molecule has 0 saturated carbocycles. The maximum Gasteiger partial charge on any atom is 0.253 e. The van der Waals surface area contributed by atoms with Gasteiger partial charge < -0.3 is 4.90 Å². The highest BCUT2D eigenvalue weighted by Crippen LogP contribution is 2.30. The molecule has 2 rings (SSSR count). The van der Waals surface area contributed by atoms with Crippen LogP contribution in [0.5, 0.6) is 0 Å². The second-order valence-electron chi connectivity index (χ2n) is 5.94. The zero-order valence-corrected chi connectivity index (χ0v) is 14.3. The van der Waals surface area contributed by atoms with Gasteiger partial charge in [-0.05, 0) is 60.7 Å². The number of halogens is 1. The average molecular weight is 313 g/mol. The maximum atomic E-state index is 13.7. The van der Waals surface area contributed by atoms with Crippen LogP contribution in [-0.4, -0.2) is 23.9 Å².